The molecule has 3 atom stereocenters. The molecule has 11 heteroatoms. The Hall–Kier alpha value is -3.54. The molecule has 0 saturated carbocycles. The number of esters is 2. The molecule has 9 nitrogen and oxygen atoms in total. The molecule has 0 N–H and O–H groups in total. The molecule has 0 spiro atoms. The van der Waals surface area contributed by atoms with Gasteiger partial charge >= 0.3 is 11.9 Å². The number of ether oxygens (including phenoxy) is 2. The van der Waals surface area contributed by atoms with Crippen molar-refractivity contribution in [2.75, 3.05) is 23.7 Å². The molecule has 36 heavy (non-hydrogen) atoms. The molecule has 0 unspecified atom stereocenters. The second kappa shape index (κ2) is 9.49. The summed E-state index contributed by atoms with van der Waals surface area (Å²) in [6, 6.07) is 12.5. The van der Waals surface area contributed by atoms with Crippen molar-refractivity contribution >= 4 is 57.1 Å². The molecule has 2 aliphatic heterocycles. The van der Waals surface area contributed by atoms with E-state index in [0.29, 0.717) is 11.3 Å². The standard InChI is InChI=1S/C25H22N2O7S2/c1-4-33-25(31)20-13(2)16(24(30)32-3)23(36-20)26-21(28)17-18(15-11-8-12-35-15)27(34-19(17)22(26)29)14-9-6-5-7-10-14/h5-12,17-19H,4H2,1-3H3/t17-,18-,19+/m0/s1. The molecule has 2 saturated heterocycles. The van der Waals surface area contributed by atoms with Crippen LogP contribution in [0, 0.1) is 12.8 Å². The van der Waals surface area contributed by atoms with Crippen LogP contribution >= 0.6 is 22.7 Å². The number of fused-ring (bicyclic) bond motifs is 1. The molecule has 2 aromatic heterocycles. The largest absolute Gasteiger partial charge is 0.465 e. The number of thiophene rings is 2. The zero-order valence-electron chi connectivity index (χ0n) is 19.6. The Morgan fingerprint density at radius 1 is 1.06 bits per heavy atom. The number of rotatable bonds is 6. The van der Waals surface area contributed by atoms with Gasteiger partial charge in [-0.15, -0.1) is 22.7 Å². The summed E-state index contributed by atoms with van der Waals surface area (Å²) in [5, 5.41) is 3.54. The Morgan fingerprint density at radius 2 is 1.81 bits per heavy atom. The highest BCUT2D eigenvalue weighted by atomic mass is 32.1. The lowest BCUT2D eigenvalue weighted by Gasteiger charge is -2.27. The zero-order valence-corrected chi connectivity index (χ0v) is 21.3. The third kappa shape index (κ3) is 3.71. The number of hydrogen-bond donors (Lipinski definition) is 0. The maximum atomic E-state index is 13.9. The molecule has 5 rings (SSSR count). The predicted octanol–water partition coefficient (Wildman–Crippen LogP) is 4.13. The van der Waals surface area contributed by atoms with Crippen LogP contribution in [0.1, 0.15) is 43.4 Å². The van der Waals surface area contributed by atoms with Gasteiger partial charge in [0.25, 0.3) is 5.91 Å². The number of carbonyl (C=O) groups is 4. The molecule has 0 bridgehead atoms. The van der Waals surface area contributed by atoms with Gasteiger partial charge in [0.1, 0.15) is 21.8 Å². The van der Waals surface area contributed by atoms with Crippen molar-refractivity contribution in [2.24, 2.45) is 5.92 Å². The average Bonchev–Trinajstić information content (AvgIpc) is 3.64. The molecule has 0 radical (unpaired) electrons. The summed E-state index contributed by atoms with van der Waals surface area (Å²) < 4.78 is 10.0. The number of hydroxylamine groups is 1. The minimum atomic E-state index is -1.09. The molecule has 2 aliphatic rings. The monoisotopic (exact) mass is 526 g/mol. The number of methoxy groups -OCH3 is 1. The van der Waals surface area contributed by atoms with Gasteiger partial charge in [0, 0.05) is 4.88 Å². The highest BCUT2D eigenvalue weighted by Crippen LogP contribution is 2.50. The van der Waals surface area contributed by atoms with Crippen molar-refractivity contribution in [3.63, 3.8) is 0 Å². The van der Waals surface area contributed by atoms with Gasteiger partial charge in [-0.1, -0.05) is 24.3 Å². The summed E-state index contributed by atoms with van der Waals surface area (Å²) in [5.41, 5.74) is 0.990. The van der Waals surface area contributed by atoms with E-state index in [4.69, 9.17) is 14.3 Å². The molecular formula is C25H22N2O7S2. The maximum Gasteiger partial charge on any atom is 0.348 e. The van der Waals surface area contributed by atoms with E-state index in [1.165, 1.54) is 18.4 Å². The van der Waals surface area contributed by atoms with Crippen LogP contribution in [0.15, 0.2) is 47.8 Å². The number of amides is 2. The van der Waals surface area contributed by atoms with Crippen molar-refractivity contribution in [3.05, 3.63) is 68.7 Å². The van der Waals surface area contributed by atoms with Crippen LogP contribution in [-0.2, 0) is 23.9 Å². The van der Waals surface area contributed by atoms with Gasteiger partial charge in [0.2, 0.25) is 5.91 Å². The van der Waals surface area contributed by atoms with Crippen LogP contribution in [0.4, 0.5) is 10.7 Å². The van der Waals surface area contributed by atoms with Gasteiger partial charge in [-0.2, -0.15) is 0 Å². The van der Waals surface area contributed by atoms with Gasteiger partial charge in [0.05, 0.1) is 25.0 Å². The van der Waals surface area contributed by atoms with E-state index in [1.807, 2.05) is 47.8 Å². The van der Waals surface area contributed by atoms with Crippen LogP contribution < -0.4 is 9.96 Å². The molecular weight excluding hydrogens is 504 g/mol. The molecule has 1 aromatic carbocycles. The van der Waals surface area contributed by atoms with Gasteiger partial charge in [-0.25, -0.2) is 19.6 Å². The molecule has 186 valence electrons. The maximum absolute atomic E-state index is 13.9. The fourth-order valence-electron chi connectivity index (χ4n) is 4.55. The normalized spacial score (nSPS) is 21.1. The lowest BCUT2D eigenvalue weighted by atomic mass is 9.95. The molecule has 2 amide bonds. The molecule has 0 aliphatic carbocycles. The summed E-state index contributed by atoms with van der Waals surface area (Å²) in [7, 11) is 1.20. The summed E-state index contributed by atoms with van der Waals surface area (Å²) in [5.74, 6) is -3.36. The Bertz CT molecular complexity index is 1340. The third-order valence-corrected chi connectivity index (χ3v) is 8.34. The Labute approximate surface area is 214 Å². The molecule has 2 fully saturated rings. The van der Waals surface area contributed by atoms with Gasteiger partial charge < -0.3 is 9.47 Å². The Kier molecular flexibility index (Phi) is 6.37. The first-order valence-corrected chi connectivity index (χ1v) is 12.9. The van der Waals surface area contributed by atoms with Crippen LogP contribution in [0.3, 0.4) is 0 Å². The summed E-state index contributed by atoms with van der Waals surface area (Å²) >= 11 is 2.32. The Morgan fingerprint density at radius 3 is 2.44 bits per heavy atom. The van der Waals surface area contributed by atoms with E-state index in [-0.39, 0.29) is 22.0 Å². The average molecular weight is 527 g/mol. The van der Waals surface area contributed by atoms with Crippen LogP contribution in [0.5, 0.6) is 0 Å². The highest BCUT2D eigenvalue weighted by Gasteiger charge is 2.61. The minimum absolute atomic E-state index is 0.0141. The SMILES string of the molecule is CCOC(=O)c1sc(N2C(=O)[C@@H]3[C@@H](ON(c4ccccc4)[C@H]3c3cccs3)C2=O)c(C(=O)OC)c1C. The number of benzene rings is 1. The van der Waals surface area contributed by atoms with Crippen molar-refractivity contribution < 1.29 is 33.5 Å². The summed E-state index contributed by atoms with van der Waals surface area (Å²) in [4.78, 5) is 60.9. The van der Waals surface area contributed by atoms with Crippen LogP contribution in [-0.4, -0.2) is 43.6 Å². The van der Waals surface area contributed by atoms with E-state index in [2.05, 4.69) is 0 Å². The van der Waals surface area contributed by atoms with E-state index >= 15 is 0 Å². The van der Waals surface area contributed by atoms with Gasteiger partial charge in [0.15, 0.2) is 6.10 Å². The lowest BCUT2D eigenvalue weighted by Crippen LogP contribution is -2.37. The quantitative estimate of drug-likeness (QED) is 0.349. The van der Waals surface area contributed by atoms with Crippen molar-refractivity contribution in [1.29, 1.82) is 0 Å². The van der Waals surface area contributed by atoms with E-state index in [1.54, 1.807) is 18.9 Å². The number of imide groups is 1. The first-order chi connectivity index (χ1) is 17.4. The van der Waals surface area contributed by atoms with Crippen molar-refractivity contribution in [2.45, 2.75) is 26.0 Å². The van der Waals surface area contributed by atoms with E-state index in [0.717, 1.165) is 21.1 Å². The topological polar surface area (TPSA) is 102 Å². The predicted molar refractivity (Wildman–Crippen MR) is 133 cm³/mol. The zero-order chi connectivity index (χ0) is 25.6. The second-order valence-corrected chi connectivity index (χ2v) is 10.1. The smallest absolute Gasteiger partial charge is 0.348 e. The third-order valence-electron chi connectivity index (χ3n) is 6.14. The van der Waals surface area contributed by atoms with E-state index in [9.17, 15) is 19.2 Å². The number of carbonyl (C=O) groups excluding carboxylic acids is 4. The summed E-state index contributed by atoms with van der Waals surface area (Å²) in [6.07, 6.45) is -1.09. The molecule has 3 aromatic rings. The number of hydrogen-bond acceptors (Lipinski definition) is 10. The highest BCUT2D eigenvalue weighted by molar-refractivity contribution is 7.19. The fraction of sp³-hybridized carbons (Fsp3) is 0.280. The van der Waals surface area contributed by atoms with Crippen LogP contribution in [0.25, 0.3) is 0 Å². The second-order valence-electron chi connectivity index (χ2n) is 8.13. The first-order valence-electron chi connectivity index (χ1n) is 11.2. The number of anilines is 2. The first kappa shape index (κ1) is 24.2. The van der Waals surface area contributed by atoms with Gasteiger partial charge in [-0.05, 0) is 43.0 Å². The summed E-state index contributed by atoms with van der Waals surface area (Å²) in [6.45, 7) is 3.36. The van der Waals surface area contributed by atoms with Crippen molar-refractivity contribution in [3.8, 4) is 0 Å². The van der Waals surface area contributed by atoms with Crippen LogP contribution in [0.2, 0.25) is 0 Å². The van der Waals surface area contributed by atoms with Gasteiger partial charge in [-0.3, -0.25) is 14.4 Å². The van der Waals surface area contributed by atoms with Crippen molar-refractivity contribution in [1.82, 2.24) is 0 Å². The number of para-hydroxylation sites is 1. The number of nitrogens with zero attached hydrogens (tertiary/aromatic N) is 2. The molecule has 4 heterocycles. The minimum Gasteiger partial charge on any atom is -0.465 e. The lowest BCUT2D eigenvalue weighted by molar-refractivity contribution is -0.126. The Balaban J connectivity index is 1.59. The fourth-order valence-corrected chi connectivity index (χ4v) is 6.60. The van der Waals surface area contributed by atoms with E-state index < -0.39 is 41.8 Å².